The van der Waals surface area contributed by atoms with Gasteiger partial charge in [-0.25, -0.2) is 0 Å². The number of benzene rings is 4. The molecule has 0 aliphatic heterocycles. The maximum Gasteiger partial charge on any atom is 0.0528 e. The normalized spacial score (nSPS) is 11.6. The van der Waals surface area contributed by atoms with E-state index in [0.29, 0.717) is 0 Å². The first-order valence-corrected chi connectivity index (χ1v) is 11.2. The predicted octanol–water partition coefficient (Wildman–Crippen LogP) is 7.52. The highest BCUT2D eigenvalue weighted by molar-refractivity contribution is 5.85. The SMILES string of the molecule is c1ccc2c(c1)ccn2-c1cc(-n2ccc3ccccc32)cc(-n2ccc3ccccc32)c1. The van der Waals surface area contributed by atoms with E-state index in [1.165, 1.54) is 32.7 Å². The second-order valence-electron chi connectivity index (χ2n) is 8.44. The van der Waals surface area contributed by atoms with Gasteiger partial charge in [-0.05, 0) is 70.8 Å². The molecule has 7 aromatic rings. The van der Waals surface area contributed by atoms with Gasteiger partial charge in [0.15, 0.2) is 0 Å². The fraction of sp³-hybridized carbons (Fsp3) is 0. The van der Waals surface area contributed by atoms with Crippen molar-refractivity contribution in [2.24, 2.45) is 0 Å². The first-order valence-electron chi connectivity index (χ1n) is 11.2. The second kappa shape index (κ2) is 7.01. The Morgan fingerprint density at radius 2 is 0.636 bits per heavy atom. The molecule has 156 valence electrons. The molecule has 7 rings (SSSR count). The summed E-state index contributed by atoms with van der Waals surface area (Å²) >= 11 is 0. The topological polar surface area (TPSA) is 14.8 Å². The molecule has 3 nitrogen and oxygen atoms in total. The van der Waals surface area contributed by atoms with E-state index in [1.54, 1.807) is 0 Å². The molecule has 0 spiro atoms. The fourth-order valence-electron chi connectivity index (χ4n) is 4.92. The number of hydrogen-bond acceptors (Lipinski definition) is 0. The largest absolute Gasteiger partial charge is 0.316 e. The molecule has 0 saturated heterocycles. The maximum atomic E-state index is 2.28. The van der Waals surface area contributed by atoms with Crippen LogP contribution in [0.25, 0.3) is 49.8 Å². The molecule has 0 N–H and O–H groups in total. The number of aromatic nitrogens is 3. The van der Waals surface area contributed by atoms with Crippen LogP contribution in [0.3, 0.4) is 0 Å². The summed E-state index contributed by atoms with van der Waals surface area (Å²) in [6.07, 6.45) is 6.49. The maximum absolute atomic E-state index is 2.28. The van der Waals surface area contributed by atoms with E-state index in [0.717, 1.165) is 17.1 Å². The Labute approximate surface area is 191 Å². The Hall–Kier alpha value is -4.50. The predicted molar refractivity (Wildman–Crippen MR) is 137 cm³/mol. The van der Waals surface area contributed by atoms with E-state index < -0.39 is 0 Å². The smallest absolute Gasteiger partial charge is 0.0528 e. The van der Waals surface area contributed by atoms with Crippen molar-refractivity contribution in [1.29, 1.82) is 0 Å². The molecule has 0 aliphatic rings. The van der Waals surface area contributed by atoms with Crippen LogP contribution in [0.5, 0.6) is 0 Å². The number of rotatable bonds is 3. The first-order chi connectivity index (χ1) is 16.3. The lowest BCUT2D eigenvalue weighted by Gasteiger charge is -2.15. The zero-order valence-electron chi connectivity index (χ0n) is 18.0. The second-order valence-corrected chi connectivity index (χ2v) is 8.44. The van der Waals surface area contributed by atoms with Gasteiger partial charge >= 0.3 is 0 Å². The minimum absolute atomic E-state index is 1.14. The molecule has 3 aromatic heterocycles. The highest BCUT2D eigenvalue weighted by atomic mass is 15.0. The van der Waals surface area contributed by atoms with Gasteiger partial charge in [0.05, 0.1) is 16.6 Å². The van der Waals surface area contributed by atoms with E-state index >= 15 is 0 Å². The van der Waals surface area contributed by atoms with E-state index in [4.69, 9.17) is 0 Å². The minimum atomic E-state index is 1.14. The number of para-hydroxylation sites is 3. The van der Waals surface area contributed by atoms with Gasteiger partial charge in [-0.1, -0.05) is 54.6 Å². The Balaban J connectivity index is 1.52. The van der Waals surface area contributed by atoms with Crippen LogP contribution in [-0.4, -0.2) is 13.7 Å². The monoisotopic (exact) mass is 423 g/mol. The first kappa shape index (κ1) is 18.1. The highest BCUT2D eigenvalue weighted by Gasteiger charge is 2.11. The fourth-order valence-corrected chi connectivity index (χ4v) is 4.92. The lowest BCUT2D eigenvalue weighted by Crippen LogP contribution is -2.01. The third-order valence-electron chi connectivity index (χ3n) is 6.52. The zero-order valence-corrected chi connectivity index (χ0v) is 18.0. The van der Waals surface area contributed by atoms with Crippen molar-refractivity contribution in [1.82, 2.24) is 13.7 Å². The highest BCUT2D eigenvalue weighted by Crippen LogP contribution is 2.29. The van der Waals surface area contributed by atoms with Crippen LogP contribution in [-0.2, 0) is 0 Å². The Morgan fingerprint density at radius 3 is 0.970 bits per heavy atom. The summed E-state index contributed by atoms with van der Waals surface area (Å²) < 4.78 is 6.83. The van der Waals surface area contributed by atoms with Gasteiger partial charge < -0.3 is 13.7 Å². The molecule has 3 heterocycles. The molecule has 0 unspecified atom stereocenters. The number of hydrogen-bond donors (Lipinski definition) is 0. The van der Waals surface area contributed by atoms with Crippen LogP contribution < -0.4 is 0 Å². The van der Waals surface area contributed by atoms with Gasteiger partial charge in [-0.2, -0.15) is 0 Å². The van der Waals surface area contributed by atoms with Gasteiger partial charge in [0.25, 0.3) is 0 Å². The molecule has 0 fully saturated rings. The number of fused-ring (bicyclic) bond motifs is 3. The number of nitrogens with zero attached hydrogens (tertiary/aromatic N) is 3. The van der Waals surface area contributed by atoms with Crippen molar-refractivity contribution in [3.63, 3.8) is 0 Å². The van der Waals surface area contributed by atoms with Crippen molar-refractivity contribution in [2.45, 2.75) is 0 Å². The van der Waals surface area contributed by atoms with Crippen LogP contribution in [0.2, 0.25) is 0 Å². The molecule has 0 bridgehead atoms. The van der Waals surface area contributed by atoms with E-state index in [2.05, 4.69) is 141 Å². The third kappa shape index (κ3) is 2.83. The standard InChI is InChI=1S/C30H21N3/c1-4-10-28-22(7-1)13-16-31(28)25-19-26(32-17-14-23-8-2-5-11-29(23)32)21-27(20-25)33-18-15-24-9-3-6-12-30(24)33/h1-21H. The van der Waals surface area contributed by atoms with Crippen molar-refractivity contribution in [3.05, 3.63) is 128 Å². The van der Waals surface area contributed by atoms with Gasteiger partial charge in [0.1, 0.15) is 0 Å². The summed E-state index contributed by atoms with van der Waals surface area (Å²) in [6, 6.07) is 38.9. The van der Waals surface area contributed by atoms with E-state index in [1.807, 2.05) is 0 Å². The zero-order chi connectivity index (χ0) is 21.8. The van der Waals surface area contributed by atoms with Crippen LogP contribution in [0.1, 0.15) is 0 Å². The van der Waals surface area contributed by atoms with Gasteiger partial charge in [-0.15, -0.1) is 0 Å². The van der Waals surface area contributed by atoms with Crippen molar-refractivity contribution < 1.29 is 0 Å². The third-order valence-corrected chi connectivity index (χ3v) is 6.52. The summed E-state index contributed by atoms with van der Waals surface area (Å²) in [5.41, 5.74) is 7.03. The summed E-state index contributed by atoms with van der Waals surface area (Å²) in [5, 5.41) is 3.71. The molecular formula is C30H21N3. The minimum Gasteiger partial charge on any atom is -0.316 e. The van der Waals surface area contributed by atoms with Gasteiger partial charge in [0, 0.05) is 35.7 Å². The molecule has 0 amide bonds. The van der Waals surface area contributed by atoms with Crippen LogP contribution >= 0.6 is 0 Å². The van der Waals surface area contributed by atoms with Crippen molar-refractivity contribution >= 4 is 32.7 Å². The van der Waals surface area contributed by atoms with Crippen LogP contribution in [0, 0.1) is 0 Å². The van der Waals surface area contributed by atoms with Crippen LogP contribution in [0.4, 0.5) is 0 Å². The van der Waals surface area contributed by atoms with Crippen LogP contribution in [0.15, 0.2) is 128 Å². The quantitative estimate of drug-likeness (QED) is 0.279. The van der Waals surface area contributed by atoms with Gasteiger partial charge in [-0.3, -0.25) is 0 Å². The lowest BCUT2D eigenvalue weighted by molar-refractivity contribution is 1.05. The summed E-state index contributed by atoms with van der Waals surface area (Å²) in [7, 11) is 0. The molecule has 33 heavy (non-hydrogen) atoms. The van der Waals surface area contributed by atoms with Crippen molar-refractivity contribution in [2.75, 3.05) is 0 Å². The average molecular weight is 424 g/mol. The molecule has 0 saturated carbocycles. The molecule has 0 radical (unpaired) electrons. The average Bonchev–Trinajstić information content (AvgIpc) is 3.60. The molecule has 4 aromatic carbocycles. The molecule has 3 heteroatoms. The van der Waals surface area contributed by atoms with E-state index in [9.17, 15) is 0 Å². The summed E-state index contributed by atoms with van der Waals surface area (Å²) in [6.45, 7) is 0. The van der Waals surface area contributed by atoms with E-state index in [-0.39, 0.29) is 0 Å². The molecule has 0 aliphatic carbocycles. The Bertz CT molecular complexity index is 1560. The Morgan fingerprint density at radius 1 is 0.333 bits per heavy atom. The summed E-state index contributed by atoms with van der Waals surface area (Å²) in [4.78, 5) is 0. The Kier molecular flexibility index (Phi) is 3.84. The molecular weight excluding hydrogens is 402 g/mol. The summed E-state index contributed by atoms with van der Waals surface area (Å²) in [5.74, 6) is 0. The molecule has 0 atom stereocenters. The van der Waals surface area contributed by atoms with Crippen molar-refractivity contribution in [3.8, 4) is 17.1 Å². The lowest BCUT2D eigenvalue weighted by atomic mass is 10.2. The van der Waals surface area contributed by atoms with Gasteiger partial charge in [0.2, 0.25) is 0 Å².